The number of piperazine rings is 1. The van der Waals surface area contributed by atoms with Gasteiger partial charge >= 0.3 is 0 Å². The molecule has 130 valence electrons. The van der Waals surface area contributed by atoms with Crippen molar-refractivity contribution < 1.29 is 18.4 Å². The highest BCUT2D eigenvalue weighted by molar-refractivity contribution is 5.94. The van der Waals surface area contributed by atoms with E-state index in [0.717, 1.165) is 38.1 Å². The van der Waals surface area contributed by atoms with Crippen molar-refractivity contribution in [1.82, 2.24) is 14.7 Å². The summed E-state index contributed by atoms with van der Waals surface area (Å²) in [7, 11) is 0. The first kappa shape index (κ1) is 16.8. The van der Waals surface area contributed by atoms with Crippen molar-refractivity contribution in [3.05, 3.63) is 35.4 Å². The lowest BCUT2D eigenvalue weighted by Crippen LogP contribution is -2.51. The number of carbonyl (C=O) groups excluding carboxylic acids is 2. The molecule has 0 N–H and O–H groups in total. The van der Waals surface area contributed by atoms with Crippen molar-refractivity contribution in [1.29, 1.82) is 0 Å². The quantitative estimate of drug-likeness (QED) is 0.836. The Balaban J connectivity index is 1.51. The molecule has 2 heterocycles. The molecule has 0 atom stereocenters. The van der Waals surface area contributed by atoms with Gasteiger partial charge in [0.05, 0.1) is 6.54 Å². The number of amides is 2. The number of halogens is 2. The number of rotatable bonds is 3. The average molecular weight is 337 g/mol. The van der Waals surface area contributed by atoms with Crippen molar-refractivity contribution in [2.45, 2.75) is 12.8 Å². The fraction of sp³-hybridized carbons (Fsp3) is 0.529. The Morgan fingerprint density at radius 3 is 2.17 bits per heavy atom. The molecule has 24 heavy (non-hydrogen) atoms. The van der Waals surface area contributed by atoms with Gasteiger partial charge in [0.2, 0.25) is 5.91 Å². The first-order valence-corrected chi connectivity index (χ1v) is 8.29. The van der Waals surface area contributed by atoms with Gasteiger partial charge < -0.3 is 9.80 Å². The molecule has 7 heteroatoms. The van der Waals surface area contributed by atoms with Crippen LogP contribution in [0.15, 0.2) is 18.2 Å². The lowest BCUT2D eigenvalue weighted by atomic mass is 10.1. The monoisotopic (exact) mass is 337 g/mol. The molecular weight excluding hydrogens is 316 g/mol. The summed E-state index contributed by atoms with van der Waals surface area (Å²) in [5.74, 6) is -2.14. The Bertz CT molecular complexity index is 624. The van der Waals surface area contributed by atoms with Crippen molar-refractivity contribution in [3.63, 3.8) is 0 Å². The molecule has 0 aromatic heterocycles. The largest absolute Gasteiger partial charge is 0.342 e. The van der Waals surface area contributed by atoms with Gasteiger partial charge in [-0.1, -0.05) is 0 Å². The van der Waals surface area contributed by atoms with E-state index in [9.17, 15) is 18.4 Å². The second-order valence-corrected chi connectivity index (χ2v) is 6.29. The second-order valence-electron chi connectivity index (χ2n) is 6.29. The maximum Gasteiger partial charge on any atom is 0.254 e. The third-order valence-corrected chi connectivity index (χ3v) is 4.64. The first-order valence-electron chi connectivity index (χ1n) is 8.29. The van der Waals surface area contributed by atoms with Crippen LogP contribution in [-0.4, -0.2) is 72.3 Å². The van der Waals surface area contributed by atoms with E-state index in [-0.39, 0.29) is 17.4 Å². The van der Waals surface area contributed by atoms with Gasteiger partial charge in [-0.3, -0.25) is 14.5 Å². The molecule has 0 aliphatic carbocycles. The van der Waals surface area contributed by atoms with Crippen molar-refractivity contribution >= 4 is 11.8 Å². The minimum atomic E-state index is -1.02. The predicted molar refractivity (Wildman–Crippen MR) is 84.5 cm³/mol. The molecule has 0 unspecified atom stereocenters. The number of hydrogen-bond donors (Lipinski definition) is 0. The Hall–Kier alpha value is -2.02. The fourth-order valence-corrected chi connectivity index (χ4v) is 3.18. The van der Waals surface area contributed by atoms with Gasteiger partial charge in [-0.25, -0.2) is 8.78 Å². The van der Waals surface area contributed by atoms with Gasteiger partial charge in [0.1, 0.15) is 0 Å². The number of carbonyl (C=O) groups is 2. The molecule has 5 nitrogen and oxygen atoms in total. The Kier molecular flexibility index (Phi) is 5.08. The van der Waals surface area contributed by atoms with Crippen molar-refractivity contribution in [3.8, 4) is 0 Å². The third kappa shape index (κ3) is 3.72. The topological polar surface area (TPSA) is 43.9 Å². The summed E-state index contributed by atoms with van der Waals surface area (Å²) in [5, 5.41) is 0. The maximum atomic E-state index is 13.3. The summed E-state index contributed by atoms with van der Waals surface area (Å²) >= 11 is 0. The van der Waals surface area contributed by atoms with Gasteiger partial charge in [-0.2, -0.15) is 0 Å². The summed E-state index contributed by atoms with van der Waals surface area (Å²) in [6.07, 6.45) is 2.14. The van der Waals surface area contributed by atoms with E-state index in [0.29, 0.717) is 32.7 Å². The molecule has 2 saturated heterocycles. The molecule has 0 spiro atoms. The van der Waals surface area contributed by atoms with E-state index in [1.165, 1.54) is 6.07 Å². The molecule has 3 rings (SSSR count). The zero-order valence-corrected chi connectivity index (χ0v) is 13.5. The zero-order valence-electron chi connectivity index (χ0n) is 13.5. The van der Waals surface area contributed by atoms with Gasteiger partial charge in [0, 0.05) is 44.8 Å². The standard InChI is InChI=1S/C17H21F2N3O2/c18-14-4-3-13(11-15(14)19)17(24)22-9-7-20(8-10-22)12-16(23)21-5-1-2-6-21/h3-4,11H,1-2,5-10,12H2. The van der Waals surface area contributed by atoms with Crippen LogP contribution in [0.3, 0.4) is 0 Å². The van der Waals surface area contributed by atoms with Gasteiger partial charge in [0.25, 0.3) is 5.91 Å². The smallest absolute Gasteiger partial charge is 0.254 e. The Labute approximate surface area is 139 Å². The van der Waals surface area contributed by atoms with Gasteiger partial charge in [-0.05, 0) is 31.0 Å². The molecule has 1 aromatic rings. The van der Waals surface area contributed by atoms with E-state index in [1.54, 1.807) is 4.90 Å². The van der Waals surface area contributed by atoms with Gasteiger partial charge in [-0.15, -0.1) is 0 Å². The molecular formula is C17H21F2N3O2. The van der Waals surface area contributed by atoms with Crippen LogP contribution >= 0.6 is 0 Å². The molecule has 1 aromatic carbocycles. The summed E-state index contributed by atoms with van der Waals surface area (Å²) in [5.41, 5.74) is 0.149. The molecule has 2 fully saturated rings. The summed E-state index contributed by atoms with van der Waals surface area (Å²) < 4.78 is 26.2. The number of benzene rings is 1. The second kappa shape index (κ2) is 7.25. The maximum absolute atomic E-state index is 13.3. The molecule has 0 saturated carbocycles. The van der Waals surface area contributed by atoms with Crippen LogP contribution in [0.4, 0.5) is 8.78 Å². The van der Waals surface area contributed by atoms with E-state index in [1.807, 2.05) is 9.80 Å². The van der Waals surface area contributed by atoms with Crippen LogP contribution in [0.5, 0.6) is 0 Å². The first-order chi connectivity index (χ1) is 11.5. The normalized spacial score (nSPS) is 18.9. The molecule has 2 amide bonds. The minimum absolute atomic E-state index is 0.146. The Morgan fingerprint density at radius 1 is 0.875 bits per heavy atom. The summed E-state index contributed by atoms with van der Waals surface area (Å²) in [6, 6.07) is 3.19. The number of nitrogens with zero attached hydrogens (tertiary/aromatic N) is 3. The SMILES string of the molecule is O=C(CN1CCN(C(=O)c2ccc(F)c(F)c2)CC1)N1CCCC1. The number of likely N-dealkylation sites (tertiary alicyclic amines) is 1. The molecule has 2 aliphatic heterocycles. The molecule has 0 bridgehead atoms. The predicted octanol–water partition coefficient (Wildman–Crippen LogP) is 1.34. The third-order valence-electron chi connectivity index (χ3n) is 4.64. The van der Waals surface area contributed by atoms with Crippen LogP contribution in [0.25, 0.3) is 0 Å². The molecule has 2 aliphatic rings. The summed E-state index contributed by atoms with van der Waals surface area (Å²) in [4.78, 5) is 30.0. The molecule has 0 radical (unpaired) electrons. The highest BCUT2D eigenvalue weighted by Gasteiger charge is 2.26. The van der Waals surface area contributed by atoms with E-state index in [2.05, 4.69) is 0 Å². The van der Waals surface area contributed by atoms with E-state index >= 15 is 0 Å². The Morgan fingerprint density at radius 2 is 1.54 bits per heavy atom. The number of hydrogen-bond acceptors (Lipinski definition) is 3. The van der Waals surface area contributed by atoms with Crippen molar-refractivity contribution in [2.75, 3.05) is 45.8 Å². The summed E-state index contributed by atoms with van der Waals surface area (Å²) in [6.45, 7) is 4.23. The lowest BCUT2D eigenvalue weighted by Gasteiger charge is -2.35. The van der Waals surface area contributed by atoms with Crippen molar-refractivity contribution in [2.24, 2.45) is 0 Å². The van der Waals surface area contributed by atoms with Gasteiger partial charge in [0.15, 0.2) is 11.6 Å². The lowest BCUT2D eigenvalue weighted by molar-refractivity contribution is -0.131. The van der Waals surface area contributed by atoms with Crippen LogP contribution < -0.4 is 0 Å². The van der Waals surface area contributed by atoms with Crippen LogP contribution in [0.1, 0.15) is 23.2 Å². The highest BCUT2D eigenvalue weighted by atomic mass is 19.2. The zero-order chi connectivity index (χ0) is 17.1. The van der Waals surface area contributed by atoms with E-state index in [4.69, 9.17) is 0 Å². The average Bonchev–Trinajstić information content (AvgIpc) is 3.12. The van der Waals surface area contributed by atoms with Crippen LogP contribution in [-0.2, 0) is 4.79 Å². The van der Waals surface area contributed by atoms with Crippen LogP contribution in [0.2, 0.25) is 0 Å². The fourth-order valence-electron chi connectivity index (χ4n) is 3.18. The highest BCUT2D eigenvalue weighted by Crippen LogP contribution is 2.14. The minimum Gasteiger partial charge on any atom is -0.342 e. The van der Waals surface area contributed by atoms with Crippen LogP contribution in [0, 0.1) is 11.6 Å². The van der Waals surface area contributed by atoms with E-state index < -0.39 is 11.6 Å².